The first-order chi connectivity index (χ1) is 8.99. The van der Waals surface area contributed by atoms with Gasteiger partial charge in [-0.3, -0.25) is 4.79 Å². The molecule has 100 valence electrons. The topological polar surface area (TPSA) is 45.8 Å². The first-order valence-electron chi connectivity index (χ1n) is 6.32. The molecule has 3 nitrogen and oxygen atoms in total. The van der Waals surface area contributed by atoms with Crippen LogP contribution < -0.4 is 5.56 Å². The molecule has 19 heavy (non-hydrogen) atoms. The zero-order valence-electron chi connectivity index (χ0n) is 11.3. The van der Waals surface area contributed by atoms with E-state index in [2.05, 4.69) is 9.97 Å². The van der Waals surface area contributed by atoms with Crippen molar-refractivity contribution in [3.05, 3.63) is 62.3 Å². The van der Waals surface area contributed by atoms with Crippen molar-refractivity contribution in [1.29, 1.82) is 0 Å². The van der Waals surface area contributed by atoms with Crippen LogP contribution in [-0.4, -0.2) is 9.97 Å². The Morgan fingerprint density at radius 3 is 2.58 bits per heavy atom. The summed E-state index contributed by atoms with van der Waals surface area (Å²) in [6.45, 7) is 5.86. The van der Waals surface area contributed by atoms with Crippen LogP contribution in [0.1, 0.15) is 42.4 Å². The third-order valence-electron chi connectivity index (χ3n) is 3.09. The fourth-order valence-corrected chi connectivity index (χ4v) is 2.44. The molecule has 0 atom stereocenters. The second-order valence-corrected chi connectivity index (χ2v) is 5.34. The van der Waals surface area contributed by atoms with E-state index in [1.165, 1.54) is 0 Å². The third kappa shape index (κ3) is 3.04. The lowest BCUT2D eigenvalue weighted by molar-refractivity contribution is 0.791. The van der Waals surface area contributed by atoms with Crippen molar-refractivity contribution in [2.24, 2.45) is 0 Å². The van der Waals surface area contributed by atoms with Crippen molar-refractivity contribution in [3.63, 3.8) is 0 Å². The largest absolute Gasteiger partial charge is 0.310 e. The second-order valence-electron chi connectivity index (χ2n) is 4.93. The number of nitrogens with zero attached hydrogens (tertiary/aromatic N) is 1. The molecule has 0 saturated carbocycles. The predicted molar refractivity (Wildman–Crippen MR) is 77.9 cm³/mol. The maximum absolute atomic E-state index is 12.0. The molecule has 4 heteroatoms. The average Bonchev–Trinajstić information content (AvgIpc) is 2.30. The molecule has 0 spiro atoms. The molecule has 0 saturated heterocycles. The van der Waals surface area contributed by atoms with Gasteiger partial charge >= 0.3 is 0 Å². The summed E-state index contributed by atoms with van der Waals surface area (Å²) in [6, 6.07) is 7.59. The fourth-order valence-electron chi connectivity index (χ4n) is 2.24. The maximum atomic E-state index is 12.0. The third-order valence-corrected chi connectivity index (χ3v) is 3.46. The Labute approximate surface area is 117 Å². The molecular formula is C15H17ClN2O. The normalized spacial score (nSPS) is 11.0. The van der Waals surface area contributed by atoms with Crippen LogP contribution in [0, 0.1) is 6.92 Å². The van der Waals surface area contributed by atoms with Crippen molar-refractivity contribution in [2.45, 2.75) is 33.1 Å². The maximum Gasteiger partial charge on any atom is 0.254 e. The van der Waals surface area contributed by atoms with Crippen LogP contribution >= 0.6 is 11.6 Å². The summed E-state index contributed by atoms with van der Waals surface area (Å²) >= 11 is 6.12. The van der Waals surface area contributed by atoms with Gasteiger partial charge in [-0.15, -0.1) is 0 Å². The molecule has 0 aliphatic heterocycles. The summed E-state index contributed by atoms with van der Waals surface area (Å²) in [6.07, 6.45) is 0.536. The highest BCUT2D eigenvalue weighted by Crippen LogP contribution is 2.18. The number of aromatic amines is 1. The molecule has 0 radical (unpaired) electrons. The molecule has 0 aliphatic carbocycles. The summed E-state index contributed by atoms with van der Waals surface area (Å²) in [7, 11) is 0. The Hall–Kier alpha value is -1.61. The molecule has 0 unspecified atom stereocenters. The Morgan fingerprint density at radius 1 is 1.32 bits per heavy atom. The first-order valence-corrected chi connectivity index (χ1v) is 6.70. The van der Waals surface area contributed by atoms with Crippen molar-refractivity contribution < 1.29 is 0 Å². The van der Waals surface area contributed by atoms with Crippen molar-refractivity contribution >= 4 is 11.6 Å². The number of rotatable bonds is 3. The molecule has 1 N–H and O–H groups in total. The Kier molecular flexibility index (Phi) is 4.05. The summed E-state index contributed by atoms with van der Waals surface area (Å²) in [5.41, 5.74) is 2.46. The Bertz CT molecular complexity index is 647. The van der Waals surface area contributed by atoms with E-state index in [4.69, 9.17) is 11.6 Å². The molecule has 2 rings (SSSR count). The van der Waals surface area contributed by atoms with Crippen molar-refractivity contribution in [2.75, 3.05) is 0 Å². The van der Waals surface area contributed by atoms with E-state index in [0.29, 0.717) is 17.3 Å². The minimum Gasteiger partial charge on any atom is -0.310 e. The van der Waals surface area contributed by atoms with Crippen LogP contribution in [0.15, 0.2) is 29.1 Å². The van der Waals surface area contributed by atoms with Crippen molar-refractivity contribution in [3.8, 4) is 0 Å². The van der Waals surface area contributed by atoms with Crippen LogP contribution in [-0.2, 0) is 6.42 Å². The molecule has 1 heterocycles. The standard InChI is InChI=1S/C15H17ClN2O/c1-9(2)14-10(3)17-13(18-15(14)19)8-11-6-4-5-7-12(11)16/h4-7,9H,8H2,1-3H3,(H,17,18,19). The van der Waals surface area contributed by atoms with Gasteiger partial charge in [0.05, 0.1) is 0 Å². The summed E-state index contributed by atoms with van der Waals surface area (Å²) < 4.78 is 0. The van der Waals surface area contributed by atoms with Crippen LogP contribution in [0.4, 0.5) is 0 Å². The SMILES string of the molecule is Cc1nc(Cc2ccccc2Cl)[nH]c(=O)c1C(C)C. The second kappa shape index (κ2) is 5.57. The number of halogens is 1. The van der Waals surface area contributed by atoms with E-state index in [1.807, 2.05) is 45.0 Å². The summed E-state index contributed by atoms with van der Waals surface area (Å²) in [5, 5.41) is 0.690. The fraction of sp³-hybridized carbons (Fsp3) is 0.333. The van der Waals surface area contributed by atoms with Gasteiger partial charge in [-0.2, -0.15) is 0 Å². The van der Waals surface area contributed by atoms with E-state index < -0.39 is 0 Å². The van der Waals surface area contributed by atoms with Gasteiger partial charge < -0.3 is 4.98 Å². The van der Waals surface area contributed by atoms with Gasteiger partial charge in [-0.1, -0.05) is 43.6 Å². The zero-order chi connectivity index (χ0) is 14.0. The highest BCUT2D eigenvalue weighted by Gasteiger charge is 2.12. The Balaban J connectivity index is 2.38. The summed E-state index contributed by atoms with van der Waals surface area (Å²) in [4.78, 5) is 19.4. The van der Waals surface area contributed by atoms with Crippen LogP contribution in [0.2, 0.25) is 5.02 Å². The van der Waals surface area contributed by atoms with Crippen LogP contribution in [0.25, 0.3) is 0 Å². The lowest BCUT2D eigenvalue weighted by atomic mass is 10.0. The molecule has 0 bridgehead atoms. The van der Waals surface area contributed by atoms with Gasteiger partial charge in [0, 0.05) is 22.7 Å². The van der Waals surface area contributed by atoms with Gasteiger partial charge in [-0.05, 0) is 24.5 Å². The van der Waals surface area contributed by atoms with Crippen molar-refractivity contribution in [1.82, 2.24) is 9.97 Å². The number of nitrogens with one attached hydrogen (secondary N) is 1. The molecule has 0 aliphatic rings. The highest BCUT2D eigenvalue weighted by atomic mass is 35.5. The zero-order valence-corrected chi connectivity index (χ0v) is 12.1. The van der Waals surface area contributed by atoms with Crippen LogP contribution in [0.5, 0.6) is 0 Å². The summed E-state index contributed by atoms with van der Waals surface area (Å²) in [5.74, 6) is 0.825. The number of benzene rings is 1. The number of hydrogen-bond donors (Lipinski definition) is 1. The number of hydrogen-bond acceptors (Lipinski definition) is 2. The molecule has 0 amide bonds. The van der Waals surface area contributed by atoms with Gasteiger partial charge in [0.15, 0.2) is 0 Å². The molecular weight excluding hydrogens is 260 g/mol. The quantitative estimate of drug-likeness (QED) is 0.933. The Morgan fingerprint density at radius 2 is 2.00 bits per heavy atom. The van der Waals surface area contributed by atoms with E-state index >= 15 is 0 Å². The van der Waals surface area contributed by atoms with Gasteiger partial charge in [0.1, 0.15) is 5.82 Å². The lowest BCUT2D eigenvalue weighted by Crippen LogP contribution is -2.20. The predicted octanol–water partition coefficient (Wildman–Crippen LogP) is 3.45. The molecule has 1 aromatic carbocycles. The minimum absolute atomic E-state index is 0.0513. The number of aromatic nitrogens is 2. The first kappa shape index (κ1) is 13.8. The molecule has 1 aromatic heterocycles. The molecule has 2 aromatic rings. The monoisotopic (exact) mass is 276 g/mol. The number of H-pyrrole nitrogens is 1. The van der Waals surface area contributed by atoms with E-state index in [9.17, 15) is 4.79 Å². The van der Waals surface area contributed by atoms with E-state index in [0.717, 1.165) is 16.8 Å². The molecule has 0 fully saturated rings. The average molecular weight is 277 g/mol. The van der Waals surface area contributed by atoms with Crippen LogP contribution in [0.3, 0.4) is 0 Å². The minimum atomic E-state index is -0.0513. The van der Waals surface area contributed by atoms with E-state index in [1.54, 1.807) is 0 Å². The highest BCUT2D eigenvalue weighted by molar-refractivity contribution is 6.31. The van der Waals surface area contributed by atoms with Gasteiger partial charge in [-0.25, -0.2) is 4.98 Å². The smallest absolute Gasteiger partial charge is 0.254 e. The number of aryl methyl sites for hydroxylation is 1. The lowest BCUT2D eigenvalue weighted by Gasteiger charge is -2.10. The van der Waals surface area contributed by atoms with Gasteiger partial charge in [0.25, 0.3) is 5.56 Å². The van der Waals surface area contributed by atoms with E-state index in [-0.39, 0.29) is 11.5 Å². The van der Waals surface area contributed by atoms with Gasteiger partial charge in [0.2, 0.25) is 0 Å².